The van der Waals surface area contributed by atoms with Gasteiger partial charge in [-0.2, -0.15) is 0 Å². The second-order valence-corrected chi connectivity index (χ2v) is 9.94. The van der Waals surface area contributed by atoms with Crippen molar-refractivity contribution in [2.24, 2.45) is 0 Å². The lowest BCUT2D eigenvalue weighted by Crippen LogP contribution is -2.29. The molecule has 4 rings (SSSR count). The van der Waals surface area contributed by atoms with Crippen LogP contribution in [0.4, 0.5) is 5.13 Å². The molecule has 2 aromatic carbocycles. The molecular weight excluding hydrogens is 532 g/mol. The van der Waals surface area contributed by atoms with Crippen LogP contribution >= 0.6 is 11.3 Å². The van der Waals surface area contributed by atoms with Crippen molar-refractivity contribution in [2.75, 3.05) is 25.2 Å². The maximum Gasteiger partial charge on any atom is 0.350 e. The first-order chi connectivity index (χ1) is 19.3. The first-order valence-corrected chi connectivity index (χ1v) is 13.6. The van der Waals surface area contributed by atoms with Crippen LogP contribution in [0.15, 0.2) is 66.8 Å². The van der Waals surface area contributed by atoms with E-state index in [1.807, 2.05) is 0 Å². The zero-order chi connectivity index (χ0) is 28.8. The van der Waals surface area contributed by atoms with Gasteiger partial charge in [-0.05, 0) is 55.3 Å². The third kappa shape index (κ3) is 5.76. The maximum absolute atomic E-state index is 13.4. The Labute approximate surface area is 236 Å². The van der Waals surface area contributed by atoms with E-state index in [0.29, 0.717) is 34.9 Å². The molecule has 1 saturated heterocycles. The van der Waals surface area contributed by atoms with Crippen LogP contribution in [-0.4, -0.2) is 48.1 Å². The first-order valence-electron chi connectivity index (χ1n) is 12.7. The number of carbonyl (C=O) groups is 3. The molecule has 3 aromatic rings. The van der Waals surface area contributed by atoms with Crippen molar-refractivity contribution in [1.82, 2.24) is 4.98 Å². The van der Waals surface area contributed by atoms with E-state index in [-0.39, 0.29) is 27.9 Å². The molecule has 9 nitrogen and oxygen atoms in total. The SMILES string of the molecule is C=CCOC(=O)c1sc(N2C(=O)C(=O)C(=C(O)c3ccc(OCCCC)cc3)[C@H]2c2ccc(OC)cc2)nc1C. The molecule has 0 bridgehead atoms. The highest BCUT2D eigenvalue weighted by molar-refractivity contribution is 7.17. The van der Waals surface area contributed by atoms with Crippen LogP contribution in [0.1, 0.15) is 52.3 Å². The fourth-order valence-corrected chi connectivity index (χ4v) is 5.19. The predicted octanol–water partition coefficient (Wildman–Crippen LogP) is 5.61. The summed E-state index contributed by atoms with van der Waals surface area (Å²) in [7, 11) is 1.53. The van der Waals surface area contributed by atoms with Crippen molar-refractivity contribution in [1.29, 1.82) is 0 Å². The number of benzene rings is 2. The Morgan fingerprint density at radius 2 is 1.80 bits per heavy atom. The second-order valence-electron chi connectivity index (χ2n) is 8.97. The van der Waals surface area contributed by atoms with E-state index >= 15 is 0 Å². The molecule has 0 saturated carbocycles. The fraction of sp³-hybridized carbons (Fsp3) is 0.267. The minimum atomic E-state index is -1.01. The summed E-state index contributed by atoms with van der Waals surface area (Å²) in [4.78, 5) is 45.3. The van der Waals surface area contributed by atoms with Crippen LogP contribution in [0.3, 0.4) is 0 Å². The van der Waals surface area contributed by atoms with Crippen LogP contribution in [0, 0.1) is 6.92 Å². The minimum absolute atomic E-state index is 0.0182. The van der Waals surface area contributed by atoms with Crippen molar-refractivity contribution in [3.63, 3.8) is 0 Å². The number of thiazole rings is 1. The normalized spacial score (nSPS) is 16.2. The summed E-state index contributed by atoms with van der Waals surface area (Å²) in [6, 6.07) is 12.5. The molecule has 2 heterocycles. The molecule has 1 atom stereocenters. The number of unbranched alkanes of at least 4 members (excludes halogenated alkanes) is 1. The van der Waals surface area contributed by atoms with E-state index in [4.69, 9.17) is 14.2 Å². The number of hydrogen-bond donors (Lipinski definition) is 1. The molecular formula is C30H30N2O7S. The van der Waals surface area contributed by atoms with Gasteiger partial charge in [-0.15, -0.1) is 0 Å². The van der Waals surface area contributed by atoms with Crippen molar-refractivity contribution in [3.05, 3.63) is 88.5 Å². The largest absolute Gasteiger partial charge is 0.507 e. The van der Waals surface area contributed by atoms with E-state index < -0.39 is 23.7 Å². The van der Waals surface area contributed by atoms with E-state index in [0.717, 1.165) is 24.2 Å². The van der Waals surface area contributed by atoms with Gasteiger partial charge in [-0.1, -0.05) is 49.5 Å². The summed E-state index contributed by atoms with van der Waals surface area (Å²) in [5.41, 5.74) is 1.15. The zero-order valence-electron chi connectivity index (χ0n) is 22.5. The Morgan fingerprint density at radius 3 is 2.42 bits per heavy atom. The van der Waals surface area contributed by atoms with Gasteiger partial charge in [-0.3, -0.25) is 14.5 Å². The molecule has 1 aromatic heterocycles. The Kier molecular flexibility index (Phi) is 9.00. The topological polar surface area (TPSA) is 115 Å². The Balaban J connectivity index is 1.80. The van der Waals surface area contributed by atoms with Crippen molar-refractivity contribution in [3.8, 4) is 11.5 Å². The number of aliphatic hydroxyl groups is 1. The number of nitrogens with zero attached hydrogens (tertiary/aromatic N) is 2. The lowest BCUT2D eigenvalue weighted by atomic mass is 9.95. The molecule has 1 aliphatic rings. The standard InChI is InChI=1S/C30H30N2O7S/c1-5-7-17-38-22-14-10-20(11-15-22)25(33)23-24(19-8-12-21(37-4)13-9-19)32(28(35)26(23)34)30-31-18(3)27(40-30)29(36)39-16-6-2/h6,8-15,24,33H,2,5,7,16-17H2,1,3-4H3/t24-/m1/s1. The third-order valence-corrected chi connectivity index (χ3v) is 7.42. The van der Waals surface area contributed by atoms with Gasteiger partial charge in [0.15, 0.2) is 5.13 Å². The molecule has 1 aliphatic heterocycles. The number of ketones is 1. The summed E-state index contributed by atoms with van der Waals surface area (Å²) in [6.45, 7) is 7.82. The highest BCUT2D eigenvalue weighted by atomic mass is 32.1. The Hall–Kier alpha value is -4.44. The van der Waals surface area contributed by atoms with Gasteiger partial charge in [0.25, 0.3) is 5.78 Å². The molecule has 1 N–H and O–H groups in total. The highest BCUT2D eigenvalue weighted by Crippen LogP contribution is 2.44. The molecule has 1 amide bonds. The van der Waals surface area contributed by atoms with E-state index in [2.05, 4.69) is 18.5 Å². The van der Waals surface area contributed by atoms with Crippen LogP contribution < -0.4 is 14.4 Å². The molecule has 208 valence electrons. The third-order valence-electron chi connectivity index (χ3n) is 6.28. The smallest absolute Gasteiger partial charge is 0.350 e. The van der Waals surface area contributed by atoms with Gasteiger partial charge in [-0.25, -0.2) is 9.78 Å². The lowest BCUT2D eigenvalue weighted by molar-refractivity contribution is -0.132. The van der Waals surface area contributed by atoms with Gasteiger partial charge in [0.2, 0.25) is 0 Å². The average molecular weight is 563 g/mol. The van der Waals surface area contributed by atoms with Crippen LogP contribution in [0.25, 0.3) is 5.76 Å². The van der Waals surface area contributed by atoms with Gasteiger partial charge >= 0.3 is 11.9 Å². The van der Waals surface area contributed by atoms with Gasteiger partial charge < -0.3 is 19.3 Å². The number of aliphatic hydroxyl groups excluding tert-OH is 1. The molecule has 40 heavy (non-hydrogen) atoms. The number of carbonyl (C=O) groups excluding carboxylic acids is 3. The van der Waals surface area contributed by atoms with E-state index in [1.54, 1.807) is 55.5 Å². The number of hydrogen-bond acceptors (Lipinski definition) is 9. The fourth-order valence-electron chi connectivity index (χ4n) is 4.21. The average Bonchev–Trinajstić information content (AvgIpc) is 3.48. The predicted molar refractivity (Wildman–Crippen MR) is 152 cm³/mol. The zero-order valence-corrected chi connectivity index (χ0v) is 23.3. The number of esters is 1. The number of methoxy groups -OCH3 is 1. The molecule has 0 spiro atoms. The molecule has 0 unspecified atom stereocenters. The summed E-state index contributed by atoms with van der Waals surface area (Å²) in [5, 5.41) is 11.5. The maximum atomic E-state index is 13.4. The van der Waals surface area contributed by atoms with Gasteiger partial charge in [0, 0.05) is 5.56 Å². The van der Waals surface area contributed by atoms with Crippen LogP contribution in [0.5, 0.6) is 11.5 Å². The van der Waals surface area contributed by atoms with Crippen LogP contribution in [-0.2, 0) is 14.3 Å². The van der Waals surface area contributed by atoms with Crippen molar-refractivity contribution in [2.45, 2.75) is 32.7 Å². The number of aryl methyl sites for hydroxylation is 1. The molecule has 0 aliphatic carbocycles. The molecule has 1 fully saturated rings. The number of rotatable bonds is 11. The van der Waals surface area contributed by atoms with E-state index in [9.17, 15) is 19.5 Å². The summed E-state index contributed by atoms with van der Waals surface area (Å²) < 4.78 is 16.1. The summed E-state index contributed by atoms with van der Waals surface area (Å²) in [6.07, 6.45) is 3.36. The summed E-state index contributed by atoms with van der Waals surface area (Å²) in [5.74, 6) is -1.48. The number of ether oxygens (including phenoxy) is 3. The molecule has 10 heteroatoms. The van der Waals surface area contributed by atoms with Gasteiger partial charge in [0.1, 0.15) is 28.7 Å². The van der Waals surface area contributed by atoms with Crippen molar-refractivity contribution >= 4 is 39.9 Å². The number of Topliss-reactive ketones (excluding diaryl/α,β-unsaturated/α-hetero) is 1. The lowest BCUT2D eigenvalue weighted by Gasteiger charge is -2.23. The second kappa shape index (κ2) is 12.6. The Morgan fingerprint density at radius 1 is 1.12 bits per heavy atom. The Bertz CT molecular complexity index is 1440. The minimum Gasteiger partial charge on any atom is -0.507 e. The van der Waals surface area contributed by atoms with Crippen LogP contribution in [0.2, 0.25) is 0 Å². The number of anilines is 1. The highest BCUT2D eigenvalue weighted by Gasteiger charge is 2.48. The van der Waals surface area contributed by atoms with Gasteiger partial charge in [0.05, 0.1) is 31.0 Å². The number of amides is 1. The first kappa shape index (κ1) is 28.6. The van der Waals surface area contributed by atoms with Crippen molar-refractivity contribution < 1.29 is 33.7 Å². The monoisotopic (exact) mass is 562 g/mol. The quantitative estimate of drug-likeness (QED) is 0.0801. The summed E-state index contributed by atoms with van der Waals surface area (Å²) >= 11 is 0.936. The molecule has 0 radical (unpaired) electrons. The van der Waals surface area contributed by atoms with E-state index in [1.165, 1.54) is 18.1 Å². The number of aromatic nitrogens is 1.